The number of unbranched alkanes of at least 4 members (excludes halogenated alkanes) is 1. The van der Waals surface area contributed by atoms with Crippen LogP contribution in [0.15, 0.2) is 0 Å². The Balaban J connectivity index is 1.59. The van der Waals surface area contributed by atoms with Crippen LogP contribution in [0.2, 0.25) is 5.15 Å². The van der Waals surface area contributed by atoms with E-state index < -0.39 is 0 Å². The smallest absolute Gasteiger partial charge is 0.410 e. The van der Waals surface area contributed by atoms with Gasteiger partial charge < -0.3 is 14.6 Å². The molecule has 134 valence electrons. The van der Waals surface area contributed by atoms with Gasteiger partial charge in [0.2, 0.25) is 0 Å². The molecule has 1 aromatic rings. The molecule has 2 aliphatic heterocycles. The number of H-pyrrole nitrogens is 1. The zero-order chi connectivity index (χ0) is 17.2. The molecule has 2 fully saturated rings. The first-order valence-electron chi connectivity index (χ1n) is 8.91. The van der Waals surface area contributed by atoms with Gasteiger partial charge in [0.05, 0.1) is 12.2 Å². The van der Waals surface area contributed by atoms with Gasteiger partial charge in [0.1, 0.15) is 11.4 Å². The molecule has 0 bridgehead atoms. The number of ether oxygens (including phenoxy) is 1. The molecule has 1 atom stereocenters. The van der Waals surface area contributed by atoms with Crippen LogP contribution in [0.5, 0.6) is 0 Å². The molecule has 0 aromatic carbocycles. The second kappa shape index (κ2) is 7.31. The van der Waals surface area contributed by atoms with Gasteiger partial charge in [-0.25, -0.2) is 9.78 Å². The van der Waals surface area contributed by atoms with Gasteiger partial charge in [-0.05, 0) is 25.8 Å². The van der Waals surface area contributed by atoms with E-state index in [0.29, 0.717) is 11.7 Å². The van der Waals surface area contributed by atoms with E-state index in [1.165, 1.54) is 0 Å². The molecule has 3 heterocycles. The molecule has 1 N–H and O–H groups in total. The van der Waals surface area contributed by atoms with E-state index in [0.717, 1.165) is 69.7 Å². The fourth-order valence-electron chi connectivity index (χ4n) is 3.66. The van der Waals surface area contributed by atoms with Crippen molar-refractivity contribution < 1.29 is 9.53 Å². The summed E-state index contributed by atoms with van der Waals surface area (Å²) in [6.07, 6.45) is 5.84. The molecule has 0 radical (unpaired) electrons. The molecular formula is C17H27ClN4O2. The largest absolute Gasteiger partial charge is 0.441 e. The summed E-state index contributed by atoms with van der Waals surface area (Å²) >= 11 is 6.30. The number of halogens is 1. The second-order valence-electron chi connectivity index (χ2n) is 7.09. The second-order valence-corrected chi connectivity index (χ2v) is 7.45. The molecule has 3 rings (SSSR count). The average Bonchev–Trinajstić information content (AvgIpc) is 2.94. The van der Waals surface area contributed by atoms with Crippen LogP contribution >= 0.6 is 11.6 Å². The Morgan fingerprint density at radius 1 is 1.38 bits per heavy atom. The number of carbonyl (C=O) groups excluding carboxylic acids is 1. The first-order valence-corrected chi connectivity index (χ1v) is 9.29. The summed E-state index contributed by atoms with van der Waals surface area (Å²) in [7, 11) is 1.81. The highest BCUT2D eigenvalue weighted by molar-refractivity contribution is 6.30. The molecule has 2 saturated heterocycles. The molecule has 1 aromatic heterocycles. The highest BCUT2D eigenvalue weighted by Crippen LogP contribution is 2.33. The van der Waals surface area contributed by atoms with Gasteiger partial charge >= 0.3 is 6.09 Å². The molecule has 1 amide bonds. The number of nitrogens with zero attached hydrogens (tertiary/aromatic N) is 3. The zero-order valence-corrected chi connectivity index (χ0v) is 15.4. The van der Waals surface area contributed by atoms with Crippen LogP contribution in [-0.2, 0) is 17.7 Å². The summed E-state index contributed by atoms with van der Waals surface area (Å²) < 4.78 is 5.67. The number of aromatic nitrogens is 2. The van der Waals surface area contributed by atoms with E-state index in [4.69, 9.17) is 16.3 Å². The quantitative estimate of drug-likeness (QED) is 0.882. The van der Waals surface area contributed by atoms with E-state index in [1.54, 1.807) is 4.90 Å². The molecular weight excluding hydrogens is 328 g/mol. The lowest BCUT2D eigenvalue weighted by atomic mass is 9.95. The third kappa shape index (κ3) is 3.86. The fourth-order valence-corrected chi connectivity index (χ4v) is 3.87. The van der Waals surface area contributed by atoms with Gasteiger partial charge in [0.15, 0.2) is 5.15 Å². The first-order chi connectivity index (χ1) is 11.5. The Bertz CT molecular complexity index is 591. The van der Waals surface area contributed by atoms with E-state index in [9.17, 15) is 4.79 Å². The lowest BCUT2D eigenvalue weighted by Crippen LogP contribution is -2.35. The van der Waals surface area contributed by atoms with Crippen LogP contribution in [-0.4, -0.2) is 58.1 Å². The van der Waals surface area contributed by atoms with Crippen molar-refractivity contribution in [1.29, 1.82) is 0 Å². The van der Waals surface area contributed by atoms with Crippen LogP contribution in [0.25, 0.3) is 0 Å². The van der Waals surface area contributed by atoms with Crippen LogP contribution in [0, 0.1) is 0 Å². The van der Waals surface area contributed by atoms with Gasteiger partial charge in [0.25, 0.3) is 0 Å². The number of amides is 1. The third-order valence-corrected chi connectivity index (χ3v) is 5.37. The Kier molecular flexibility index (Phi) is 5.35. The maximum absolute atomic E-state index is 11.7. The predicted octanol–water partition coefficient (Wildman–Crippen LogP) is 3.21. The minimum Gasteiger partial charge on any atom is -0.441 e. The lowest BCUT2D eigenvalue weighted by Gasteiger charge is -2.25. The normalized spacial score (nSPS) is 25.3. The highest BCUT2D eigenvalue weighted by Gasteiger charge is 2.44. The van der Waals surface area contributed by atoms with Crippen LogP contribution < -0.4 is 0 Å². The zero-order valence-electron chi connectivity index (χ0n) is 14.6. The molecule has 7 heteroatoms. The molecule has 2 aliphatic rings. The topological polar surface area (TPSA) is 61.5 Å². The number of hydrogen-bond donors (Lipinski definition) is 1. The molecule has 0 aliphatic carbocycles. The Labute approximate surface area is 148 Å². The van der Waals surface area contributed by atoms with E-state index >= 15 is 0 Å². The van der Waals surface area contributed by atoms with Crippen LogP contribution in [0.1, 0.15) is 50.5 Å². The summed E-state index contributed by atoms with van der Waals surface area (Å²) in [6.45, 7) is 5.54. The van der Waals surface area contributed by atoms with Crippen molar-refractivity contribution in [2.45, 2.75) is 57.6 Å². The lowest BCUT2D eigenvalue weighted by molar-refractivity contribution is 0.0442. The molecule has 0 saturated carbocycles. The SMILES string of the molecule is CCCCc1nc(Cl)c(CN2CCCC3(CC2)CN(C)C(=O)O3)[nH]1. The summed E-state index contributed by atoms with van der Waals surface area (Å²) in [4.78, 5) is 23.6. The van der Waals surface area contributed by atoms with Crippen molar-refractivity contribution in [2.75, 3.05) is 26.7 Å². The average molecular weight is 355 g/mol. The number of carbonyl (C=O) groups is 1. The van der Waals surface area contributed by atoms with Crippen molar-refractivity contribution in [2.24, 2.45) is 0 Å². The maximum Gasteiger partial charge on any atom is 0.410 e. The predicted molar refractivity (Wildman–Crippen MR) is 93.2 cm³/mol. The van der Waals surface area contributed by atoms with Gasteiger partial charge in [-0.2, -0.15) is 0 Å². The van der Waals surface area contributed by atoms with Crippen molar-refractivity contribution in [1.82, 2.24) is 19.8 Å². The van der Waals surface area contributed by atoms with Gasteiger partial charge in [-0.15, -0.1) is 0 Å². The third-order valence-electron chi connectivity index (χ3n) is 5.06. The minimum atomic E-state index is -0.301. The first kappa shape index (κ1) is 17.5. The maximum atomic E-state index is 11.7. The van der Waals surface area contributed by atoms with Crippen LogP contribution in [0.4, 0.5) is 4.79 Å². The summed E-state index contributed by atoms with van der Waals surface area (Å²) in [5.74, 6) is 0.981. The van der Waals surface area contributed by atoms with Gasteiger partial charge in [0, 0.05) is 33.0 Å². The fraction of sp³-hybridized carbons (Fsp3) is 0.765. The Morgan fingerprint density at radius 3 is 2.92 bits per heavy atom. The Morgan fingerprint density at radius 2 is 2.21 bits per heavy atom. The molecule has 1 unspecified atom stereocenters. The number of likely N-dealkylation sites (tertiary alicyclic amines) is 1. The highest BCUT2D eigenvalue weighted by atomic mass is 35.5. The number of hydrogen-bond acceptors (Lipinski definition) is 4. The van der Waals surface area contributed by atoms with E-state index in [1.807, 2.05) is 7.05 Å². The van der Waals surface area contributed by atoms with Gasteiger partial charge in [-0.1, -0.05) is 24.9 Å². The standard InChI is InChI=1S/C17H27ClN4O2/c1-3-4-6-14-19-13(15(18)20-14)11-22-9-5-7-17(8-10-22)12-21(2)16(23)24-17/h3-12H2,1-2H3,(H,19,20). The van der Waals surface area contributed by atoms with Crippen molar-refractivity contribution in [3.8, 4) is 0 Å². The number of aromatic amines is 1. The number of rotatable bonds is 5. The number of imidazole rings is 1. The molecule has 6 nitrogen and oxygen atoms in total. The summed E-state index contributed by atoms with van der Waals surface area (Å²) in [5, 5.41) is 0.590. The van der Waals surface area contributed by atoms with Crippen LogP contribution in [0.3, 0.4) is 0 Å². The summed E-state index contributed by atoms with van der Waals surface area (Å²) in [5.41, 5.74) is 0.698. The van der Waals surface area contributed by atoms with Crippen molar-refractivity contribution >= 4 is 17.7 Å². The monoisotopic (exact) mass is 354 g/mol. The number of likely N-dealkylation sites (N-methyl/N-ethyl adjacent to an activating group) is 1. The number of nitrogens with one attached hydrogen (secondary N) is 1. The van der Waals surface area contributed by atoms with Crippen molar-refractivity contribution in [3.05, 3.63) is 16.7 Å². The number of aryl methyl sites for hydroxylation is 1. The molecule has 24 heavy (non-hydrogen) atoms. The molecule has 1 spiro atoms. The van der Waals surface area contributed by atoms with E-state index in [-0.39, 0.29) is 11.7 Å². The van der Waals surface area contributed by atoms with Crippen molar-refractivity contribution in [3.63, 3.8) is 0 Å². The van der Waals surface area contributed by atoms with E-state index in [2.05, 4.69) is 21.8 Å². The van der Waals surface area contributed by atoms with Gasteiger partial charge in [-0.3, -0.25) is 4.90 Å². The Hall–Kier alpha value is -1.27. The summed E-state index contributed by atoms with van der Waals surface area (Å²) in [6, 6.07) is 0. The minimum absolute atomic E-state index is 0.194.